The molecule has 0 spiro atoms. The first kappa shape index (κ1) is 12.7. The third-order valence-electron chi connectivity index (χ3n) is 2.92. The van der Waals surface area contributed by atoms with Gasteiger partial charge in [0.05, 0.1) is 0 Å². The Balaban J connectivity index is 2.18. The maximum Gasteiger partial charge on any atom is 0.323 e. The number of fused-ring (bicyclic) bond motifs is 1. The number of aliphatic carboxylic acids is 1. The van der Waals surface area contributed by atoms with Crippen molar-refractivity contribution in [2.45, 2.75) is 50.3 Å². The Labute approximate surface area is 98.8 Å². The molecule has 2 saturated heterocycles. The fourth-order valence-electron chi connectivity index (χ4n) is 2.21. The van der Waals surface area contributed by atoms with Crippen LogP contribution >= 0.6 is 0 Å². The van der Waals surface area contributed by atoms with Gasteiger partial charge in [0.1, 0.15) is 24.4 Å². The first-order valence-electron chi connectivity index (χ1n) is 5.38. The second kappa shape index (κ2) is 4.18. The summed E-state index contributed by atoms with van der Waals surface area (Å²) in [6, 6.07) is -1.17. The molecule has 0 aliphatic carbocycles. The van der Waals surface area contributed by atoms with Gasteiger partial charge in [0.25, 0.3) is 0 Å². The smallest absolute Gasteiger partial charge is 0.323 e. The van der Waals surface area contributed by atoms with Crippen molar-refractivity contribution in [2.75, 3.05) is 7.11 Å². The first-order chi connectivity index (χ1) is 7.85. The number of carboxylic acid groups (broad SMARTS) is 1. The van der Waals surface area contributed by atoms with Crippen LogP contribution in [0.15, 0.2) is 0 Å². The van der Waals surface area contributed by atoms with Crippen LogP contribution in [0.2, 0.25) is 0 Å². The van der Waals surface area contributed by atoms with Crippen LogP contribution < -0.4 is 5.73 Å². The Kier molecular flexibility index (Phi) is 3.13. The summed E-state index contributed by atoms with van der Waals surface area (Å²) in [5.74, 6) is -1.93. The van der Waals surface area contributed by atoms with Crippen LogP contribution in [0, 0.1) is 0 Å². The maximum absolute atomic E-state index is 10.9. The molecule has 0 saturated carbocycles. The molecular formula is C10H17NO6. The van der Waals surface area contributed by atoms with Crippen molar-refractivity contribution in [3.8, 4) is 0 Å². The predicted octanol–water partition coefficient (Wildman–Crippen LogP) is -0.710. The van der Waals surface area contributed by atoms with Crippen LogP contribution in [0.5, 0.6) is 0 Å². The number of carboxylic acids is 1. The van der Waals surface area contributed by atoms with Crippen LogP contribution in [0.1, 0.15) is 13.8 Å². The molecule has 2 aliphatic heterocycles. The van der Waals surface area contributed by atoms with Gasteiger partial charge < -0.3 is 29.8 Å². The Bertz CT molecular complexity index is 320. The van der Waals surface area contributed by atoms with E-state index in [2.05, 4.69) is 0 Å². The van der Waals surface area contributed by atoms with Crippen molar-refractivity contribution in [3.63, 3.8) is 0 Å². The van der Waals surface area contributed by atoms with Gasteiger partial charge in [0, 0.05) is 7.11 Å². The number of rotatable bonds is 3. The quantitative estimate of drug-likeness (QED) is 0.679. The summed E-state index contributed by atoms with van der Waals surface area (Å²) in [6.45, 7) is 3.50. The molecule has 7 nitrogen and oxygen atoms in total. The SMILES string of the molecule is CO[C@@H]1O[C@H]([C@@H](N)C(=O)O)[C@H]2OC(C)(C)O[C@@H]12. The highest BCUT2D eigenvalue weighted by Gasteiger charge is 2.57. The Morgan fingerprint density at radius 3 is 2.53 bits per heavy atom. The fourth-order valence-corrected chi connectivity index (χ4v) is 2.21. The van der Waals surface area contributed by atoms with Gasteiger partial charge in [-0.3, -0.25) is 4.79 Å². The van der Waals surface area contributed by atoms with Gasteiger partial charge in [0.15, 0.2) is 12.1 Å². The van der Waals surface area contributed by atoms with E-state index in [1.165, 1.54) is 7.11 Å². The third kappa shape index (κ3) is 2.16. The zero-order chi connectivity index (χ0) is 12.8. The molecule has 0 unspecified atom stereocenters. The summed E-state index contributed by atoms with van der Waals surface area (Å²) in [5, 5.41) is 8.91. The van der Waals surface area contributed by atoms with Gasteiger partial charge in [-0.2, -0.15) is 0 Å². The summed E-state index contributed by atoms with van der Waals surface area (Å²) < 4.78 is 21.8. The van der Waals surface area contributed by atoms with E-state index in [-0.39, 0.29) is 0 Å². The van der Waals surface area contributed by atoms with Crippen LogP contribution in [-0.4, -0.2) is 54.6 Å². The summed E-state index contributed by atoms with van der Waals surface area (Å²) in [5.41, 5.74) is 5.57. The summed E-state index contributed by atoms with van der Waals surface area (Å²) >= 11 is 0. The highest BCUT2D eigenvalue weighted by atomic mass is 16.8. The van der Waals surface area contributed by atoms with E-state index < -0.39 is 42.4 Å². The normalized spacial score (nSPS) is 41.2. The number of ether oxygens (including phenoxy) is 4. The van der Waals surface area contributed by atoms with Crippen molar-refractivity contribution in [3.05, 3.63) is 0 Å². The van der Waals surface area contributed by atoms with Crippen LogP contribution in [-0.2, 0) is 23.7 Å². The monoisotopic (exact) mass is 247 g/mol. The number of carbonyl (C=O) groups is 1. The van der Waals surface area contributed by atoms with E-state index in [4.69, 9.17) is 29.8 Å². The summed E-state index contributed by atoms with van der Waals surface area (Å²) in [7, 11) is 1.46. The number of hydrogen-bond donors (Lipinski definition) is 2. The minimum Gasteiger partial charge on any atom is -0.480 e. The molecule has 0 aromatic heterocycles. The predicted molar refractivity (Wildman–Crippen MR) is 55.1 cm³/mol. The zero-order valence-electron chi connectivity index (χ0n) is 9.95. The number of hydrogen-bond acceptors (Lipinski definition) is 6. The van der Waals surface area contributed by atoms with Gasteiger partial charge >= 0.3 is 5.97 Å². The molecule has 0 aromatic carbocycles. The van der Waals surface area contributed by atoms with E-state index in [0.717, 1.165) is 0 Å². The molecule has 5 atom stereocenters. The molecule has 2 rings (SSSR count). The molecule has 0 bridgehead atoms. The Morgan fingerprint density at radius 2 is 2.00 bits per heavy atom. The Morgan fingerprint density at radius 1 is 1.41 bits per heavy atom. The number of methoxy groups -OCH3 is 1. The summed E-state index contributed by atoms with van der Waals surface area (Å²) in [4.78, 5) is 10.9. The van der Waals surface area contributed by atoms with Crippen molar-refractivity contribution in [2.24, 2.45) is 5.73 Å². The lowest BCUT2D eigenvalue weighted by atomic mass is 10.0. The van der Waals surface area contributed by atoms with E-state index in [1.54, 1.807) is 13.8 Å². The summed E-state index contributed by atoms with van der Waals surface area (Å²) in [6.07, 6.45) is -2.41. The second-order valence-corrected chi connectivity index (χ2v) is 4.63. The lowest BCUT2D eigenvalue weighted by Crippen LogP contribution is -2.48. The zero-order valence-corrected chi connectivity index (χ0v) is 9.95. The van der Waals surface area contributed by atoms with Crippen LogP contribution in [0.4, 0.5) is 0 Å². The maximum atomic E-state index is 10.9. The Hall–Kier alpha value is -0.730. The topological polar surface area (TPSA) is 100 Å². The molecule has 0 amide bonds. The molecule has 3 N–H and O–H groups in total. The fraction of sp³-hybridized carbons (Fsp3) is 0.900. The lowest BCUT2D eigenvalue weighted by molar-refractivity contribution is -0.229. The standard InChI is InChI=1S/C10H17NO6/c1-10(2)16-6-5(4(11)8(12)13)15-9(14-3)7(6)17-10/h4-7,9H,11H2,1-3H3,(H,12,13)/t4-,5-,6-,7-,9-/m1/s1. The van der Waals surface area contributed by atoms with Crippen molar-refractivity contribution in [1.82, 2.24) is 0 Å². The van der Waals surface area contributed by atoms with E-state index >= 15 is 0 Å². The molecule has 17 heavy (non-hydrogen) atoms. The second-order valence-electron chi connectivity index (χ2n) is 4.63. The van der Waals surface area contributed by atoms with E-state index in [1.807, 2.05) is 0 Å². The van der Waals surface area contributed by atoms with Gasteiger partial charge in [-0.1, -0.05) is 0 Å². The molecule has 2 heterocycles. The van der Waals surface area contributed by atoms with Crippen molar-refractivity contribution in [1.29, 1.82) is 0 Å². The van der Waals surface area contributed by atoms with Gasteiger partial charge in [-0.15, -0.1) is 0 Å². The first-order valence-corrected chi connectivity index (χ1v) is 5.38. The highest BCUT2D eigenvalue weighted by Crippen LogP contribution is 2.39. The van der Waals surface area contributed by atoms with Crippen LogP contribution in [0.3, 0.4) is 0 Å². The molecule has 0 radical (unpaired) electrons. The van der Waals surface area contributed by atoms with Gasteiger partial charge in [-0.25, -0.2) is 0 Å². The largest absolute Gasteiger partial charge is 0.480 e. The van der Waals surface area contributed by atoms with Crippen LogP contribution in [0.25, 0.3) is 0 Å². The average molecular weight is 247 g/mol. The molecule has 2 fully saturated rings. The van der Waals surface area contributed by atoms with E-state index in [9.17, 15) is 4.79 Å². The minimum atomic E-state index is -1.17. The number of nitrogens with two attached hydrogens (primary N) is 1. The van der Waals surface area contributed by atoms with Crippen molar-refractivity contribution >= 4 is 5.97 Å². The average Bonchev–Trinajstić information content (AvgIpc) is 2.69. The highest BCUT2D eigenvalue weighted by molar-refractivity contribution is 5.74. The van der Waals surface area contributed by atoms with Gasteiger partial charge in [0.2, 0.25) is 0 Å². The third-order valence-corrected chi connectivity index (χ3v) is 2.92. The molecular weight excluding hydrogens is 230 g/mol. The molecule has 98 valence electrons. The minimum absolute atomic E-state index is 0.453. The molecule has 7 heteroatoms. The lowest BCUT2D eigenvalue weighted by Gasteiger charge is -2.24. The van der Waals surface area contributed by atoms with E-state index in [0.29, 0.717) is 0 Å². The van der Waals surface area contributed by atoms with Crippen molar-refractivity contribution < 1.29 is 28.8 Å². The van der Waals surface area contributed by atoms with Gasteiger partial charge in [-0.05, 0) is 13.8 Å². The molecule has 0 aromatic rings. The molecule has 2 aliphatic rings.